The molecule has 8 heteroatoms. The van der Waals surface area contributed by atoms with Gasteiger partial charge in [0.1, 0.15) is 11.5 Å². The summed E-state index contributed by atoms with van der Waals surface area (Å²) in [6.45, 7) is 6.81. The van der Waals surface area contributed by atoms with Crippen molar-refractivity contribution in [3.05, 3.63) is 59.7 Å². The zero-order valence-electron chi connectivity index (χ0n) is 20.5. The normalized spacial score (nSPS) is 12.0. The van der Waals surface area contributed by atoms with Crippen LogP contribution in [0.4, 0.5) is 0 Å². The quantitative estimate of drug-likeness (QED) is 0.332. The van der Waals surface area contributed by atoms with E-state index in [2.05, 4.69) is 10.6 Å². The molecule has 0 saturated heterocycles. The molecule has 0 fully saturated rings. The summed E-state index contributed by atoms with van der Waals surface area (Å²) in [5.74, 6) is 1.23. The molecule has 6 nitrogen and oxygen atoms in total. The second kappa shape index (κ2) is 17.3. The summed E-state index contributed by atoms with van der Waals surface area (Å²) in [5.41, 5.74) is 1.33. The average molecular weight is 514 g/mol. The Morgan fingerprint density at radius 1 is 0.676 bits per heavy atom. The molecular weight excluding hydrogens is 475 g/mol. The first-order chi connectivity index (χ1) is 15.5. The van der Waals surface area contributed by atoms with Gasteiger partial charge in [0.05, 0.1) is 14.2 Å². The number of hydrogen-bond acceptors (Lipinski definition) is 6. The summed E-state index contributed by atoms with van der Waals surface area (Å²) in [5, 5.41) is 6.60. The summed E-state index contributed by atoms with van der Waals surface area (Å²) in [6, 6.07) is 14.4. The zero-order valence-corrected chi connectivity index (χ0v) is 22.1. The standard InChI is InChI=1S/C26H36N2O4.2ClH/c1-5-27-17-21(25(29)19-9-13-23(31-3)14-10-19)7-8-22(18-28-6-2)26(30)20-11-15-24(32-4)16-12-20;;/h9-16,21-22,27-28H,5-8,17-18H2,1-4H3;2*1H. The molecule has 0 heterocycles. The maximum absolute atomic E-state index is 13.2. The monoisotopic (exact) mass is 512 g/mol. The number of carbonyl (C=O) groups excluding carboxylic acids is 2. The van der Waals surface area contributed by atoms with Crippen LogP contribution < -0.4 is 20.1 Å². The lowest BCUT2D eigenvalue weighted by Crippen LogP contribution is -2.32. The van der Waals surface area contributed by atoms with E-state index in [-0.39, 0.29) is 48.2 Å². The van der Waals surface area contributed by atoms with Crippen molar-refractivity contribution >= 4 is 36.4 Å². The second-order valence-electron chi connectivity index (χ2n) is 7.77. The van der Waals surface area contributed by atoms with Crippen molar-refractivity contribution in [3.8, 4) is 11.5 Å². The molecule has 34 heavy (non-hydrogen) atoms. The number of Topliss-reactive ketones (excluding diaryl/α,β-unsaturated/α-hetero) is 2. The number of benzene rings is 2. The Morgan fingerprint density at radius 2 is 1.00 bits per heavy atom. The summed E-state index contributed by atoms with van der Waals surface area (Å²) < 4.78 is 10.4. The predicted octanol–water partition coefficient (Wildman–Crippen LogP) is 4.84. The molecule has 0 saturated carbocycles. The van der Waals surface area contributed by atoms with Gasteiger partial charge in [-0.15, -0.1) is 24.8 Å². The Morgan fingerprint density at radius 3 is 1.26 bits per heavy atom. The Kier molecular flexibility index (Phi) is 16.3. The van der Waals surface area contributed by atoms with Gasteiger partial charge in [-0.25, -0.2) is 0 Å². The minimum absolute atomic E-state index is 0. The summed E-state index contributed by atoms with van der Waals surface area (Å²) in [4.78, 5) is 26.4. The minimum atomic E-state index is -0.198. The van der Waals surface area contributed by atoms with Crippen LogP contribution in [0.5, 0.6) is 11.5 Å². The topological polar surface area (TPSA) is 76.7 Å². The van der Waals surface area contributed by atoms with Gasteiger partial charge >= 0.3 is 0 Å². The Labute approximate surface area is 216 Å². The molecular formula is C26H38Cl2N2O4. The van der Waals surface area contributed by atoms with E-state index < -0.39 is 0 Å². The number of methoxy groups -OCH3 is 2. The molecule has 0 radical (unpaired) electrons. The highest BCUT2D eigenvalue weighted by molar-refractivity contribution is 5.99. The fourth-order valence-electron chi connectivity index (χ4n) is 3.67. The second-order valence-corrected chi connectivity index (χ2v) is 7.77. The van der Waals surface area contributed by atoms with E-state index in [0.29, 0.717) is 37.1 Å². The van der Waals surface area contributed by atoms with Crippen molar-refractivity contribution in [2.45, 2.75) is 26.7 Å². The molecule has 0 aromatic heterocycles. The summed E-state index contributed by atoms with van der Waals surface area (Å²) >= 11 is 0. The molecule has 0 aliphatic heterocycles. The van der Waals surface area contributed by atoms with E-state index in [1.165, 1.54) is 0 Å². The van der Waals surface area contributed by atoms with Crippen molar-refractivity contribution in [1.82, 2.24) is 10.6 Å². The molecule has 0 bridgehead atoms. The third-order valence-electron chi connectivity index (χ3n) is 5.64. The Bertz CT molecular complexity index is 773. The number of halogens is 2. The van der Waals surface area contributed by atoms with Crippen LogP contribution in [0.25, 0.3) is 0 Å². The lowest BCUT2D eigenvalue weighted by atomic mass is 9.86. The van der Waals surface area contributed by atoms with Gasteiger partial charge < -0.3 is 20.1 Å². The highest BCUT2D eigenvalue weighted by Crippen LogP contribution is 2.22. The Hall–Kier alpha value is -2.12. The van der Waals surface area contributed by atoms with E-state index in [4.69, 9.17) is 9.47 Å². The van der Waals surface area contributed by atoms with Gasteiger partial charge in [-0.05, 0) is 74.5 Å². The van der Waals surface area contributed by atoms with Gasteiger partial charge in [-0.3, -0.25) is 9.59 Å². The summed E-state index contributed by atoms with van der Waals surface area (Å²) in [6.07, 6.45) is 1.27. The first-order valence-corrected chi connectivity index (χ1v) is 11.3. The van der Waals surface area contributed by atoms with Gasteiger partial charge in [-0.2, -0.15) is 0 Å². The van der Waals surface area contributed by atoms with Crippen LogP contribution in [0, 0.1) is 11.8 Å². The molecule has 2 rings (SSSR count). The third kappa shape index (κ3) is 9.63. The van der Waals surface area contributed by atoms with Crippen molar-refractivity contribution in [2.24, 2.45) is 11.8 Å². The minimum Gasteiger partial charge on any atom is -0.497 e. The number of carbonyl (C=O) groups is 2. The molecule has 2 N–H and O–H groups in total. The fraction of sp³-hybridized carbons (Fsp3) is 0.462. The van der Waals surface area contributed by atoms with Crippen LogP contribution in [0.15, 0.2) is 48.5 Å². The average Bonchev–Trinajstić information content (AvgIpc) is 2.85. The first kappa shape index (κ1) is 31.9. The van der Waals surface area contributed by atoms with Crippen molar-refractivity contribution < 1.29 is 19.1 Å². The van der Waals surface area contributed by atoms with Crippen LogP contribution in [-0.2, 0) is 0 Å². The number of ketones is 2. The molecule has 0 aliphatic carbocycles. The van der Waals surface area contributed by atoms with Gasteiger partial charge in [0.25, 0.3) is 0 Å². The zero-order chi connectivity index (χ0) is 23.3. The van der Waals surface area contributed by atoms with Crippen molar-refractivity contribution in [1.29, 1.82) is 0 Å². The highest BCUT2D eigenvalue weighted by Gasteiger charge is 2.25. The fourth-order valence-corrected chi connectivity index (χ4v) is 3.67. The molecule has 2 aromatic rings. The number of ether oxygens (including phenoxy) is 2. The molecule has 0 spiro atoms. The Balaban J connectivity index is 0.00000544. The highest BCUT2D eigenvalue weighted by atomic mass is 35.5. The van der Waals surface area contributed by atoms with E-state index >= 15 is 0 Å². The molecule has 2 atom stereocenters. The van der Waals surface area contributed by atoms with E-state index in [1.54, 1.807) is 62.8 Å². The third-order valence-corrected chi connectivity index (χ3v) is 5.64. The van der Waals surface area contributed by atoms with Gasteiger partial charge in [0.15, 0.2) is 11.6 Å². The van der Waals surface area contributed by atoms with Crippen LogP contribution in [0.2, 0.25) is 0 Å². The molecule has 0 aliphatic rings. The number of nitrogens with one attached hydrogen (secondary N) is 2. The van der Waals surface area contributed by atoms with Gasteiger partial charge in [0.2, 0.25) is 0 Å². The lowest BCUT2D eigenvalue weighted by Gasteiger charge is -2.21. The summed E-state index contributed by atoms with van der Waals surface area (Å²) in [7, 11) is 3.21. The maximum Gasteiger partial charge on any atom is 0.167 e. The SMILES string of the molecule is CCNCC(CCC(CNCC)C(=O)c1ccc(OC)cc1)C(=O)c1ccc(OC)cc1.Cl.Cl. The molecule has 0 amide bonds. The maximum atomic E-state index is 13.2. The smallest absolute Gasteiger partial charge is 0.167 e. The number of rotatable bonds is 15. The molecule has 190 valence electrons. The van der Waals surface area contributed by atoms with E-state index in [9.17, 15) is 9.59 Å². The number of hydrogen-bond donors (Lipinski definition) is 2. The van der Waals surface area contributed by atoms with Crippen LogP contribution in [0.1, 0.15) is 47.4 Å². The lowest BCUT2D eigenvalue weighted by molar-refractivity contribution is 0.0865. The first-order valence-electron chi connectivity index (χ1n) is 11.3. The van der Waals surface area contributed by atoms with Crippen molar-refractivity contribution in [3.63, 3.8) is 0 Å². The van der Waals surface area contributed by atoms with Gasteiger partial charge in [-0.1, -0.05) is 13.8 Å². The van der Waals surface area contributed by atoms with Crippen LogP contribution in [0.3, 0.4) is 0 Å². The predicted molar refractivity (Wildman–Crippen MR) is 142 cm³/mol. The largest absolute Gasteiger partial charge is 0.497 e. The van der Waals surface area contributed by atoms with E-state index in [1.807, 2.05) is 13.8 Å². The molecule has 2 unspecified atom stereocenters. The van der Waals surface area contributed by atoms with Gasteiger partial charge in [0, 0.05) is 36.1 Å². The van der Waals surface area contributed by atoms with Crippen LogP contribution in [-0.4, -0.2) is 52.0 Å². The van der Waals surface area contributed by atoms with Crippen molar-refractivity contribution in [2.75, 3.05) is 40.4 Å². The van der Waals surface area contributed by atoms with Crippen LogP contribution >= 0.6 is 24.8 Å². The van der Waals surface area contributed by atoms with E-state index in [0.717, 1.165) is 24.6 Å². The molecule has 2 aromatic carbocycles.